The van der Waals surface area contributed by atoms with E-state index in [4.69, 9.17) is 26.6 Å². The molecule has 1 aromatic rings. The lowest BCUT2D eigenvalue weighted by atomic mass is 10.1. The van der Waals surface area contributed by atoms with Crippen LogP contribution in [0.2, 0.25) is 5.02 Å². The molecule has 0 spiro atoms. The van der Waals surface area contributed by atoms with E-state index in [-0.39, 0.29) is 11.3 Å². The summed E-state index contributed by atoms with van der Waals surface area (Å²) in [6.45, 7) is 0. The van der Waals surface area contributed by atoms with Crippen LogP contribution in [-0.2, 0) is 9.59 Å². The highest BCUT2D eigenvalue weighted by Crippen LogP contribution is 2.28. The maximum absolute atomic E-state index is 12.1. The van der Waals surface area contributed by atoms with Crippen LogP contribution in [0.15, 0.2) is 12.1 Å². The molecule has 21 heavy (non-hydrogen) atoms. The molecule has 7 nitrogen and oxygen atoms in total. The van der Waals surface area contributed by atoms with Gasteiger partial charge in [0.05, 0.1) is 24.1 Å². The van der Waals surface area contributed by atoms with Crippen LogP contribution < -0.4 is 10.1 Å². The first-order valence-corrected chi connectivity index (χ1v) is 7.00. The number of hydrogen-bond acceptors (Lipinski definition) is 4. The van der Waals surface area contributed by atoms with Gasteiger partial charge in [0.1, 0.15) is 11.8 Å². The number of methoxy groups -OCH3 is 1. The second kappa shape index (κ2) is 7.46. The summed E-state index contributed by atoms with van der Waals surface area (Å²) in [5, 5.41) is 20.0. The lowest BCUT2D eigenvalue weighted by molar-refractivity contribution is -0.145. The highest BCUT2D eigenvalue weighted by Gasteiger charge is 2.25. The van der Waals surface area contributed by atoms with Crippen molar-refractivity contribution >= 4 is 52.0 Å². The van der Waals surface area contributed by atoms with E-state index in [9.17, 15) is 14.4 Å². The first-order chi connectivity index (χ1) is 9.76. The van der Waals surface area contributed by atoms with Gasteiger partial charge in [-0.3, -0.25) is 9.59 Å². The smallest absolute Gasteiger partial charge is 0.326 e. The number of carboxylic acid groups (broad SMARTS) is 2. The summed E-state index contributed by atoms with van der Waals surface area (Å²) in [6.07, 6.45) is -0.735. The molecule has 1 rings (SSSR count). The molecule has 0 fully saturated rings. The lowest BCUT2D eigenvalue weighted by Gasteiger charge is -2.14. The number of carbonyl (C=O) groups is 3. The molecule has 1 aromatic carbocycles. The molecule has 3 N–H and O–H groups in total. The van der Waals surface area contributed by atoms with Crippen molar-refractivity contribution in [1.29, 1.82) is 0 Å². The number of amides is 1. The molecule has 0 aliphatic rings. The molecule has 0 saturated carbocycles. The molecule has 114 valence electrons. The van der Waals surface area contributed by atoms with Crippen molar-refractivity contribution in [1.82, 2.24) is 5.32 Å². The third kappa shape index (κ3) is 4.74. The molecule has 0 bridgehead atoms. The van der Waals surface area contributed by atoms with Crippen molar-refractivity contribution in [3.63, 3.8) is 0 Å². The minimum absolute atomic E-state index is 0.0274. The van der Waals surface area contributed by atoms with Gasteiger partial charge in [-0.15, -0.1) is 0 Å². The van der Waals surface area contributed by atoms with Crippen LogP contribution in [0.1, 0.15) is 16.8 Å². The van der Waals surface area contributed by atoms with Gasteiger partial charge in [-0.25, -0.2) is 4.79 Å². The maximum atomic E-state index is 12.1. The monoisotopic (exact) mass is 427 g/mol. The quantitative estimate of drug-likeness (QED) is 0.595. The van der Waals surface area contributed by atoms with Crippen molar-refractivity contribution in [3.05, 3.63) is 26.3 Å². The Morgan fingerprint density at radius 1 is 1.38 bits per heavy atom. The van der Waals surface area contributed by atoms with Crippen molar-refractivity contribution in [2.45, 2.75) is 12.5 Å². The van der Waals surface area contributed by atoms with Gasteiger partial charge in [-0.1, -0.05) is 11.6 Å². The first-order valence-electron chi connectivity index (χ1n) is 5.54. The number of carboxylic acids is 2. The fraction of sp³-hybridized carbons (Fsp3) is 0.250. The van der Waals surface area contributed by atoms with Gasteiger partial charge in [0, 0.05) is 3.57 Å². The summed E-state index contributed by atoms with van der Waals surface area (Å²) in [6, 6.07) is 1.31. The second-order valence-corrected chi connectivity index (χ2v) is 5.50. The van der Waals surface area contributed by atoms with E-state index in [0.717, 1.165) is 0 Å². The number of carbonyl (C=O) groups excluding carboxylic acids is 1. The molecule has 0 aromatic heterocycles. The highest BCUT2D eigenvalue weighted by molar-refractivity contribution is 14.1. The van der Waals surface area contributed by atoms with Crippen LogP contribution in [0, 0.1) is 3.57 Å². The van der Waals surface area contributed by atoms with E-state index in [1.165, 1.54) is 19.2 Å². The average molecular weight is 428 g/mol. The van der Waals surface area contributed by atoms with E-state index in [2.05, 4.69) is 5.32 Å². The Labute approximate surface area is 138 Å². The third-order valence-corrected chi connectivity index (χ3v) is 3.99. The SMILES string of the molecule is COc1cc(I)c(Cl)cc1C(=O)N[C@H](CC(=O)O)C(=O)O. The molecule has 0 saturated heterocycles. The van der Waals surface area contributed by atoms with Gasteiger partial charge in [-0.2, -0.15) is 0 Å². The van der Waals surface area contributed by atoms with Crippen molar-refractivity contribution in [3.8, 4) is 5.75 Å². The molecule has 0 aliphatic carbocycles. The molecular formula is C12H11ClINO6. The maximum Gasteiger partial charge on any atom is 0.326 e. The Kier molecular flexibility index (Phi) is 6.21. The Morgan fingerprint density at radius 2 is 2.00 bits per heavy atom. The standard InChI is InChI=1S/C12H11ClINO6/c1-21-9-3-7(14)6(13)2-5(9)11(18)15-8(12(19)20)4-10(16)17/h2-3,8H,4H2,1H3,(H,15,18)(H,16,17)(H,19,20)/t8-/m1/s1. The van der Waals surface area contributed by atoms with E-state index >= 15 is 0 Å². The van der Waals surface area contributed by atoms with Crippen molar-refractivity contribution in [2.24, 2.45) is 0 Å². The summed E-state index contributed by atoms with van der Waals surface area (Å²) < 4.78 is 5.69. The number of halogens is 2. The van der Waals surface area contributed by atoms with Crippen LogP contribution in [0.4, 0.5) is 0 Å². The summed E-state index contributed by atoms with van der Waals surface area (Å²) in [7, 11) is 1.35. The molecular weight excluding hydrogens is 416 g/mol. The third-order valence-electron chi connectivity index (χ3n) is 2.47. The zero-order chi connectivity index (χ0) is 16.2. The van der Waals surface area contributed by atoms with E-state index in [1.807, 2.05) is 22.6 Å². The van der Waals surface area contributed by atoms with Gasteiger partial charge in [0.15, 0.2) is 0 Å². The summed E-state index contributed by atoms with van der Waals surface area (Å²) in [5.41, 5.74) is 0.0274. The minimum atomic E-state index is -1.54. The van der Waals surface area contributed by atoms with Crippen LogP contribution >= 0.6 is 34.2 Å². The highest BCUT2D eigenvalue weighted by atomic mass is 127. The largest absolute Gasteiger partial charge is 0.496 e. The Balaban J connectivity index is 3.05. The Bertz CT molecular complexity index is 591. The second-order valence-electron chi connectivity index (χ2n) is 3.93. The normalized spacial score (nSPS) is 11.6. The predicted octanol–water partition coefficient (Wildman–Crippen LogP) is 1.61. The number of hydrogen-bond donors (Lipinski definition) is 3. The fourth-order valence-corrected chi connectivity index (χ4v) is 2.09. The van der Waals surface area contributed by atoms with Gasteiger partial charge < -0.3 is 20.3 Å². The van der Waals surface area contributed by atoms with Crippen LogP contribution in [0.5, 0.6) is 5.75 Å². The van der Waals surface area contributed by atoms with Gasteiger partial charge >= 0.3 is 11.9 Å². The van der Waals surface area contributed by atoms with Crippen molar-refractivity contribution < 1.29 is 29.3 Å². The lowest BCUT2D eigenvalue weighted by Crippen LogP contribution is -2.42. The Hall–Kier alpha value is -1.55. The molecule has 0 aliphatic heterocycles. The molecule has 9 heteroatoms. The molecule has 0 radical (unpaired) electrons. The summed E-state index contributed by atoms with van der Waals surface area (Å²) >= 11 is 7.87. The predicted molar refractivity (Wildman–Crippen MR) is 81.9 cm³/mol. The van der Waals surface area contributed by atoms with E-state index in [0.29, 0.717) is 8.59 Å². The first kappa shape index (κ1) is 17.5. The zero-order valence-corrected chi connectivity index (χ0v) is 13.6. The summed E-state index contributed by atoms with van der Waals surface area (Å²) in [5.74, 6) is -3.35. The molecule has 0 heterocycles. The number of aliphatic carboxylic acids is 2. The number of benzene rings is 1. The number of ether oxygens (including phenoxy) is 1. The molecule has 1 atom stereocenters. The summed E-state index contributed by atoms with van der Waals surface area (Å²) in [4.78, 5) is 33.6. The van der Waals surface area contributed by atoms with Crippen molar-refractivity contribution in [2.75, 3.05) is 7.11 Å². The molecule has 0 unspecified atom stereocenters. The molecule has 1 amide bonds. The van der Waals surface area contributed by atoms with Gasteiger partial charge in [0.25, 0.3) is 5.91 Å². The van der Waals surface area contributed by atoms with Gasteiger partial charge in [0.2, 0.25) is 0 Å². The van der Waals surface area contributed by atoms with E-state index < -0.39 is 30.3 Å². The van der Waals surface area contributed by atoms with Gasteiger partial charge in [-0.05, 0) is 34.7 Å². The topological polar surface area (TPSA) is 113 Å². The average Bonchev–Trinajstić information content (AvgIpc) is 2.39. The Morgan fingerprint density at radius 3 is 2.48 bits per heavy atom. The van der Waals surface area contributed by atoms with Crippen LogP contribution in [-0.4, -0.2) is 41.2 Å². The fourth-order valence-electron chi connectivity index (χ4n) is 1.49. The number of rotatable bonds is 6. The van der Waals surface area contributed by atoms with Crippen LogP contribution in [0.3, 0.4) is 0 Å². The number of nitrogens with one attached hydrogen (secondary N) is 1. The minimum Gasteiger partial charge on any atom is -0.496 e. The van der Waals surface area contributed by atoms with E-state index in [1.54, 1.807) is 0 Å². The zero-order valence-electron chi connectivity index (χ0n) is 10.7. The van der Waals surface area contributed by atoms with Crippen LogP contribution in [0.25, 0.3) is 0 Å².